The highest BCUT2D eigenvalue weighted by Gasteiger charge is 2.14. The molecule has 0 fully saturated rings. The van der Waals surface area contributed by atoms with Crippen LogP contribution in [0.5, 0.6) is 11.5 Å². The summed E-state index contributed by atoms with van der Waals surface area (Å²) in [4.78, 5) is 22.6. The van der Waals surface area contributed by atoms with Crippen LogP contribution in [0.4, 0.5) is 11.4 Å². The van der Waals surface area contributed by atoms with Gasteiger partial charge in [-0.15, -0.1) is 0 Å². The number of hydrogen-bond acceptors (Lipinski definition) is 6. The molecular formula is C18H14IN3O5. The van der Waals surface area contributed by atoms with Crippen LogP contribution in [0.25, 0.3) is 6.08 Å². The normalized spacial score (nSPS) is 10.8. The number of nitrogens with zero attached hydrogens (tertiary/aromatic N) is 2. The minimum Gasteiger partial charge on any atom is -0.504 e. The van der Waals surface area contributed by atoms with Crippen molar-refractivity contribution >= 4 is 45.9 Å². The second-order valence-corrected chi connectivity index (χ2v) is 6.38. The Morgan fingerprint density at radius 2 is 2.19 bits per heavy atom. The zero-order chi connectivity index (χ0) is 20.0. The number of hydrogen-bond donors (Lipinski definition) is 2. The van der Waals surface area contributed by atoms with Gasteiger partial charge in [-0.2, -0.15) is 5.26 Å². The van der Waals surface area contributed by atoms with Crippen LogP contribution in [0.15, 0.2) is 42.0 Å². The molecule has 2 aromatic rings. The van der Waals surface area contributed by atoms with Gasteiger partial charge in [-0.05, 0) is 59.4 Å². The Hall–Kier alpha value is -3.13. The molecule has 2 rings (SSSR count). The molecule has 0 unspecified atom stereocenters. The molecule has 2 N–H and O–H groups in total. The molecule has 0 aliphatic rings. The van der Waals surface area contributed by atoms with Gasteiger partial charge >= 0.3 is 0 Å². The van der Waals surface area contributed by atoms with Crippen LogP contribution in [0, 0.1) is 25.0 Å². The molecule has 2 aromatic carbocycles. The number of amides is 1. The van der Waals surface area contributed by atoms with E-state index in [0.717, 1.165) is 0 Å². The summed E-state index contributed by atoms with van der Waals surface area (Å²) in [6.07, 6.45) is 1.34. The standard InChI is InChI=1S/C18H14IN3O5/c1-2-27-16-8-11(7-15(19)17(16)23)6-12(10-20)18(24)21-13-4-3-5-14(9-13)22(25)26/h3-9,23H,2H2,1H3,(H,21,24)/b12-6-. The predicted octanol–water partition coefficient (Wildman–Crippen LogP) is 3.85. The molecule has 0 aliphatic carbocycles. The molecule has 0 radical (unpaired) electrons. The summed E-state index contributed by atoms with van der Waals surface area (Å²) in [5.41, 5.74) is 0.312. The zero-order valence-electron chi connectivity index (χ0n) is 14.1. The Bertz CT molecular complexity index is 966. The van der Waals surface area contributed by atoms with Crippen molar-refractivity contribution in [3.05, 3.63) is 61.2 Å². The lowest BCUT2D eigenvalue weighted by atomic mass is 10.1. The first-order valence-electron chi connectivity index (χ1n) is 7.68. The third-order valence-electron chi connectivity index (χ3n) is 3.34. The molecule has 0 aliphatic heterocycles. The first-order valence-corrected chi connectivity index (χ1v) is 8.76. The van der Waals surface area contributed by atoms with E-state index < -0.39 is 10.8 Å². The van der Waals surface area contributed by atoms with Crippen LogP contribution in [0.1, 0.15) is 12.5 Å². The van der Waals surface area contributed by atoms with E-state index in [1.54, 1.807) is 19.1 Å². The Kier molecular flexibility index (Phi) is 6.73. The molecular weight excluding hydrogens is 465 g/mol. The van der Waals surface area contributed by atoms with Crippen molar-refractivity contribution in [1.29, 1.82) is 5.26 Å². The second-order valence-electron chi connectivity index (χ2n) is 5.21. The van der Waals surface area contributed by atoms with E-state index in [0.29, 0.717) is 15.7 Å². The maximum atomic E-state index is 12.3. The maximum absolute atomic E-state index is 12.3. The molecule has 8 nitrogen and oxygen atoms in total. The molecule has 27 heavy (non-hydrogen) atoms. The number of non-ortho nitro benzene ring substituents is 1. The number of carbonyl (C=O) groups excluding carboxylic acids is 1. The largest absolute Gasteiger partial charge is 0.504 e. The second kappa shape index (κ2) is 9.00. The van der Waals surface area contributed by atoms with Crippen LogP contribution in [0.3, 0.4) is 0 Å². The first-order chi connectivity index (χ1) is 12.8. The summed E-state index contributed by atoms with van der Waals surface area (Å²) >= 11 is 1.91. The number of phenols is 1. The van der Waals surface area contributed by atoms with Gasteiger partial charge < -0.3 is 15.2 Å². The summed E-state index contributed by atoms with van der Waals surface area (Å²) in [6, 6.07) is 10.3. The highest BCUT2D eigenvalue weighted by Crippen LogP contribution is 2.33. The van der Waals surface area contributed by atoms with E-state index in [2.05, 4.69) is 5.32 Å². The van der Waals surface area contributed by atoms with Crippen molar-refractivity contribution in [2.24, 2.45) is 0 Å². The monoisotopic (exact) mass is 479 g/mol. The fourth-order valence-electron chi connectivity index (χ4n) is 2.15. The van der Waals surface area contributed by atoms with Gasteiger partial charge in [0, 0.05) is 17.8 Å². The van der Waals surface area contributed by atoms with Gasteiger partial charge in [-0.25, -0.2) is 0 Å². The van der Waals surface area contributed by atoms with Crippen LogP contribution in [-0.2, 0) is 4.79 Å². The Morgan fingerprint density at radius 1 is 1.44 bits per heavy atom. The van der Waals surface area contributed by atoms with Crippen molar-refractivity contribution in [1.82, 2.24) is 0 Å². The number of ether oxygens (including phenoxy) is 1. The molecule has 0 bridgehead atoms. The molecule has 0 aromatic heterocycles. The summed E-state index contributed by atoms with van der Waals surface area (Å²) in [5.74, 6) is -0.486. The number of aromatic hydroxyl groups is 1. The molecule has 0 spiro atoms. The van der Waals surface area contributed by atoms with Gasteiger partial charge in [0.15, 0.2) is 11.5 Å². The minimum atomic E-state index is -0.709. The van der Waals surface area contributed by atoms with E-state index in [9.17, 15) is 25.3 Å². The zero-order valence-corrected chi connectivity index (χ0v) is 16.3. The molecule has 0 saturated carbocycles. The van der Waals surface area contributed by atoms with E-state index in [-0.39, 0.29) is 28.4 Å². The highest BCUT2D eigenvalue weighted by molar-refractivity contribution is 14.1. The predicted molar refractivity (Wildman–Crippen MR) is 107 cm³/mol. The number of halogens is 1. The number of nitro benzene ring substituents is 1. The lowest BCUT2D eigenvalue weighted by Gasteiger charge is -2.09. The average molecular weight is 479 g/mol. The third-order valence-corrected chi connectivity index (χ3v) is 4.16. The van der Waals surface area contributed by atoms with Gasteiger partial charge in [0.2, 0.25) is 0 Å². The minimum absolute atomic E-state index is 0.0193. The number of benzene rings is 2. The summed E-state index contributed by atoms with van der Waals surface area (Å²) in [7, 11) is 0. The molecule has 9 heteroatoms. The van der Waals surface area contributed by atoms with E-state index in [1.807, 2.05) is 22.6 Å². The lowest BCUT2D eigenvalue weighted by Crippen LogP contribution is -2.13. The fourth-order valence-corrected chi connectivity index (χ4v) is 2.78. The first kappa shape index (κ1) is 20.2. The van der Waals surface area contributed by atoms with Gasteiger partial charge in [0.05, 0.1) is 15.1 Å². The quantitative estimate of drug-likeness (QED) is 0.213. The average Bonchev–Trinajstić information content (AvgIpc) is 2.63. The van der Waals surface area contributed by atoms with Crippen molar-refractivity contribution < 1.29 is 19.6 Å². The van der Waals surface area contributed by atoms with Crippen molar-refractivity contribution in [2.45, 2.75) is 6.92 Å². The number of anilines is 1. The molecule has 0 atom stereocenters. The Morgan fingerprint density at radius 3 is 2.81 bits per heavy atom. The molecule has 0 saturated heterocycles. The van der Waals surface area contributed by atoms with Gasteiger partial charge in [-0.1, -0.05) is 6.07 Å². The van der Waals surface area contributed by atoms with Crippen LogP contribution in [0.2, 0.25) is 0 Å². The topological polar surface area (TPSA) is 125 Å². The van der Waals surface area contributed by atoms with E-state index in [1.165, 1.54) is 36.4 Å². The van der Waals surface area contributed by atoms with Crippen LogP contribution in [-0.4, -0.2) is 22.5 Å². The van der Waals surface area contributed by atoms with Crippen molar-refractivity contribution in [3.8, 4) is 17.6 Å². The van der Waals surface area contributed by atoms with Crippen LogP contribution < -0.4 is 10.1 Å². The van der Waals surface area contributed by atoms with Crippen molar-refractivity contribution in [3.63, 3.8) is 0 Å². The number of nitro groups is 1. The molecule has 0 heterocycles. The smallest absolute Gasteiger partial charge is 0.271 e. The Labute approximate surface area is 168 Å². The molecule has 1 amide bonds. The summed E-state index contributed by atoms with van der Waals surface area (Å²) in [6.45, 7) is 2.11. The Balaban J connectivity index is 2.31. The van der Waals surface area contributed by atoms with E-state index >= 15 is 0 Å². The third kappa shape index (κ3) is 5.18. The maximum Gasteiger partial charge on any atom is 0.271 e. The SMILES string of the molecule is CCOc1cc(/C=C(/C#N)C(=O)Nc2cccc([N+](=O)[O-])c2)cc(I)c1O. The number of nitriles is 1. The summed E-state index contributed by atoms with van der Waals surface area (Å²) < 4.78 is 5.83. The number of phenolic OH excluding ortho intramolecular Hbond substituents is 1. The number of carbonyl (C=O) groups is 1. The number of nitrogens with one attached hydrogen (secondary N) is 1. The fraction of sp³-hybridized carbons (Fsp3) is 0.111. The van der Waals surface area contributed by atoms with Crippen LogP contribution >= 0.6 is 22.6 Å². The highest BCUT2D eigenvalue weighted by atomic mass is 127. The lowest BCUT2D eigenvalue weighted by molar-refractivity contribution is -0.384. The van der Waals surface area contributed by atoms with Gasteiger partial charge in [0.1, 0.15) is 11.6 Å². The van der Waals surface area contributed by atoms with Gasteiger partial charge in [-0.3, -0.25) is 14.9 Å². The number of rotatable bonds is 6. The van der Waals surface area contributed by atoms with E-state index in [4.69, 9.17) is 4.74 Å². The molecule has 138 valence electrons. The van der Waals surface area contributed by atoms with Crippen molar-refractivity contribution in [2.75, 3.05) is 11.9 Å². The summed E-state index contributed by atoms with van der Waals surface area (Å²) in [5, 5.41) is 32.5. The van der Waals surface area contributed by atoms with Gasteiger partial charge in [0.25, 0.3) is 11.6 Å².